The van der Waals surface area contributed by atoms with Gasteiger partial charge in [-0.3, -0.25) is 0 Å². The van der Waals surface area contributed by atoms with Crippen LogP contribution in [0.5, 0.6) is 0 Å². The van der Waals surface area contributed by atoms with E-state index in [1.165, 1.54) is 31.7 Å². The van der Waals surface area contributed by atoms with Gasteiger partial charge in [0.2, 0.25) is 0 Å². The Morgan fingerprint density at radius 1 is 1.21 bits per heavy atom. The predicted molar refractivity (Wildman–Crippen MR) is 72.7 cm³/mol. The van der Waals surface area contributed by atoms with Crippen LogP contribution < -0.4 is 5.32 Å². The molecular weight excluding hydrogens is 241 g/mol. The molecule has 4 rings (SSSR count). The van der Waals surface area contributed by atoms with Gasteiger partial charge in [0.05, 0.1) is 0 Å². The maximum absolute atomic E-state index is 13.6. The summed E-state index contributed by atoms with van der Waals surface area (Å²) in [6.45, 7) is 1.08. The molecule has 2 atom stereocenters. The van der Waals surface area contributed by atoms with E-state index in [2.05, 4.69) is 5.32 Å². The third-order valence-electron chi connectivity index (χ3n) is 4.54. The van der Waals surface area contributed by atoms with Crippen molar-refractivity contribution >= 4 is 11.0 Å². The maximum Gasteiger partial charge on any atom is 0.169 e. The van der Waals surface area contributed by atoms with Crippen LogP contribution in [0.1, 0.15) is 37.4 Å². The molecule has 2 aliphatic carbocycles. The van der Waals surface area contributed by atoms with E-state index in [1.54, 1.807) is 6.07 Å². The van der Waals surface area contributed by atoms with Gasteiger partial charge in [-0.05, 0) is 50.3 Å². The molecule has 100 valence electrons. The molecule has 0 amide bonds. The largest absolute Gasteiger partial charge is 0.458 e. The van der Waals surface area contributed by atoms with Crippen LogP contribution in [0, 0.1) is 11.7 Å². The molecule has 1 heterocycles. The van der Waals surface area contributed by atoms with Crippen molar-refractivity contribution in [1.29, 1.82) is 0 Å². The molecule has 2 aliphatic rings. The predicted octanol–water partition coefficient (Wildman–Crippen LogP) is 3.82. The third-order valence-corrected chi connectivity index (χ3v) is 4.54. The standard InChI is InChI=1S/C16H18FNO/c17-14-3-1-2-10-8-15(19-16(10)14)13-7-4-11(13)9-18-12-5-6-12/h1-3,8,11-13,18H,4-7,9H2. The van der Waals surface area contributed by atoms with Crippen LogP contribution in [0.2, 0.25) is 0 Å². The summed E-state index contributed by atoms with van der Waals surface area (Å²) < 4.78 is 19.4. The van der Waals surface area contributed by atoms with Gasteiger partial charge >= 0.3 is 0 Å². The lowest BCUT2D eigenvalue weighted by Crippen LogP contribution is -2.34. The molecule has 0 spiro atoms. The van der Waals surface area contributed by atoms with E-state index in [0.717, 1.165) is 23.7 Å². The third kappa shape index (κ3) is 2.06. The van der Waals surface area contributed by atoms with Gasteiger partial charge in [-0.2, -0.15) is 0 Å². The van der Waals surface area contributed by atoms with Crippen LogP contribution in [0.3, 0.4) is 0 Å². The molecule has 0 bridgehead atoms. The fourth-order valence-corrected chi connectivity index (χ4v) is 3.02. The normalized spacial score (nSPS) is 26.6. The first-order valence-corrected chi connectivity index (χ1v) is 7.22. The molecule has 2 fully saturated rings. The minimum Gasteiger partial charge on any atom is -0.458 e. The van der Waals surface area contributed by atoms with Gasteiger partial charge < -0.3 is 9.73 Å². The summed E-state index contributed by atoms with van der Waals surface area (Å²) in [5.41, 5.74) is 0.415. The van der Waals surface area contributed by atoms with Gasteiger partial charge in [-0.1, -0.05) is 12.1 Å². The fourth-order valence-electron chi connectivity index (χ4n) is 3.02. The number of benzene rings is 1. The Labute approximate surface area is 112 Å². The molecule has 0 radical (unpaired) electrons. The van der Waals surface area contributed by atoms with Crippen LogP contribution in [-0.2, 0) is 0 Å². The Balaban J connectivity index is 1.54. The van der Waals surface area contributed by atoms with E-state index in [9.17, 15) is 4.39 Å². The van der Waals surface area contributed by atoms with Gasteiger partial charge in [-0.15, -0.1) is 0 Å². The van der Waals surface area contributed by atoms with E-state index in [0.29, 0.717) is 17.4 Å². The fraction of sp³-hybridized carbons (Fsp3) is 0.500. The molecule has 2 saturated carbocycles. The van der Waals surface area contributed by atoms with Crippen molar-refractivity contribution in [1.82, 2.24) is 5.32 Å². The van der Waals surface area contributed by atoms with E-state index < -0.39 is 0 Å². The summed E-state index contributed by atoms with van der Waals surface area (Å²) in [6, 6.07) is 7.90. The SMILES string of the molecule is Fc1cccc2cc(C3CCC3CNC3CC3)oc12. The highest BCUT2D eigenvalue weighted by atomic mass is 19.1. The molecule has 1 aromatic carbocycles. The highest BCUT2D eigenvalue weighted by molar-refractivity contribution is 5.78. The summed E-state index contributed by atoms with van der Waals surface area (Å²) >= 11 is 0. The van der Waals surface area contributed by atoms with Gasteiger partial charge in [-0.25, -0.2) is 4.39 Å². The molecule has 1 N–H and O–H groups in total. The van der Waals surface area contributed by atoms with Gasteiger partial charge in [0, 0.05) is 17.3 Å². The molecule has 2 aromatic rings. The van der Waals surface area contributed by atoms with Gasteiger partial charge in [0.15, 0.2) is 11.4 Å². The Morgan fingerprint density at radius 2 is 2.11 bits per heavy atom. The average Bonchev–Trinajstić information content (AvgIpc) is 3.08. The number of fused-ring (bicyclic) bond motifs is 1. The molecule has 0 aliphatic heterocycles. The van der Waals surface area contributed by atoms with E-state index in [1.807, 2.05) is 12.1 Å². The minimum absolute atomic E-state index is 0.254. The first-order chi connectivity index (χ1) is 9.31. The zero-order chi connectivity index (χ0) is 12.8. The second-order valence-electron chi connectivity index (χ2n) is 5.93. The second-order valence-corrected chi connectivity index (χ2v) is 5.93. The van der Waals surface area contributed by atoms with Crippen LogP contribution in [0.15, 0.2) is 28.7 Å². The number of para-hydroxylation sites is 1. The van der Waals surface area contributed by atoms with Crippen molar-refractivity contribution in [3.8, 4) is 0 Å². The van der Waals surface area contributed by atoms with Crippen molar-refractivity contribution in [2.75, 3.05) is 6.54 Å². The molecule has 19 heavy (non-hydrogen) atoms. The maximum atomic E-state index is 13.6. The minimum atomic E-state index is -0.254. The van der Waals surface area contributed by atoms with Crippen molar-refractivity contribution in [3.05, 3.63) is 35.8 Å². The number of nitrogens with one attached hydrogen (secondary N) is 1. The first-order valence-electron chi connectivity index (χ1n) is 7.22. The molecule has 3 heteroatoms. The van der Waals surface area contributed by atoms with Crippen molar-refractivity contribution in [3.63, 3.8) is 0 Å². The Morgan fingerprint density at radius 3 is 2.79 bits per heavy atom. The lowest BCUT2D eigenvalue weighted by atomic mass is 9.72. The number of hydrogen-bond acceptors (Lipinski definition) is 2. The van der Waals surface area contributed by atoms with Gasteiger partial charge in [0.25, 0.3) is 0 Å². The monoisotopic (exact) mass is 259 g/mol. The van der Waals surface area contributed by atoms with Crippen LogP contribution in [-0.4, -0.2) is 12.6 Å². The van der Waals surface area contributed by atoms with Crippen molar-refractivity contribution in [2.24, 2.45) is 5.92 Å². The summed E-state index contributed by atoms with van der Waals surface area (Å²) in [4.78, 5) is 0. The van der Waals surface area contributed by atoms with Crippen molar-refractivity contribution < 1.29 is 8.81 Å². The summed E-state index contributed by atoms with van der Waals surface area (Å²) in [6.07, 6.45) is 5.07. The van der Waals surface area contributed by atoms with E-state index >= 15 is 0 Å². The summed E-state index contributed by atoms with van der Waals surface area (Å²) in [7, 11) is 0. The second kappa shape index (κ2) is 4.34. The topological polar surface area (TPSA) is 25.2 Å². The molecule has 0 saturated heterocycles. The van der Waals surface area contributed by atoms with E-state index in [4.69, 9.17) is 4.42 Å². The molecule has 1 aromatic heterocycles. The smallest absolute Gasteiger partial charge is 0.169 e. The van der Waals surface area contributed by atoms with Crippen LogP contribution in [0.25, 0.3) is 11.0 Å². The first kappa shape index (κ1) is 11.5. The Bertz CT molecular complexity index is 602. The Kier molecular flexibility index (Phi) is 2.62. The zero-order valence-electron chi connectivity index (χ0n) is 10.9. The van der Waals surface area contributed by atoms with Crippen LogP contribution >= 0.6 is 0 Å². The molecule has 2 nitrogen and oxygen atoms in total. The lowest BCUT2D eigenvalue weighted by Gasteiger charge is -2.35. The number of hydrogen-bond donors (Lipinski definition) is 1. The molecular formula is C16H18FNO. The average molecular weight is 259 g/mol. The zero-order valence-corrected chi connectivity index (χ0v) is 10.9. The van der Waals surface area contributed by atoms with Crippen molar-refractivity contribution in [2.45, 2.75) is 37.6 Å². The van der Waals surface area contributed by atoms with Crippen LogP contribution in [0.4, 0.5) is 4.39 Å². The highest BCUT2D eigenvalue weighted by Crippen LogP contribution is 2.44. The summed E-state index contributed by atoms with van der Waals surface area (Å²) in [5, 5.41) is 4.47. The lowest BCUT2D eigenvalue weighted by molar-refractivity contribution is 0.218. The summed E-state index contributed by atoms with van der Waals surface area (Å²) in [5.74, 6) is 1.84. The highest BCUT2D eigenvalue weighted by Gasteiger charge is 2.35. The number of furan rings is 1. The number of rotatable bonds is 4. The Hall–Kier alpha value is -1.35. The quantitative estimate of drug-likeness (QED) is 0.903. The molecule has 2 unspecified atom stereocenters. The van der Waals surface area contributed by atoms with E-state index in [-0.39, 0.29) is 5.82 Å². The van der Waals surface area contributed by atoms with Gasteiger partial charge in [0.1, 0.15) is 5.76 Å². The number of halogens is 1.